The van der Waals surface area contributed by atoms with E-state index in [0.29, 0.717) is 18.5 Å². The van der Waals surface area contributed by atoms with Crippen molar-refractivity contribution in [2.45, 2.75) is 59.2 Å². The lowest BCUT2D eigenvalue weighted by Gasteiger charge is -2.38. The number of carbonyl (C=O) groups excluding carboxylic acids is 1. The number of hydrogen-bond donors (Lipinski definition) is 1. The molecule has 0 radical (unpaired) electrons. The molecule has 3 heteroatoms. The van der Waals surface area contributed by atoms with E-state index in [-0.39, 0.29) is 17.6 Å². The Morgan fingerprint density at radius 1 is 1.11 bits per heavy atom. The van der Waals surface area contributed by atoms with Gasteiger partial charge in [-0.3, -0.25) is 9.69 Å². The molecule has 3 nitrogen and oxygen atoms in total. The van der Waals surface area contributed by atoms with Gasteiger partial charge in [0.25, 0.3) is 0 Å². The average Bonchev–Trinajstić information content (AvgIpc) is 2.27. The number of ketones is 1. The minimum Gasteiger partial charge on any atom is -0.508 e. The van der Waals surface area contributed by atoms with Gasteiger partial charge in [0.15, 0.2) is 0 Å². The Hall–Kier alpha value is -1.35. The second kappa shape index (κ2) is 6.71. The van der Waals surface area contributed by atoms with Gasteiger partial charge in [0.1, 0.15) is 11.5 Å². The molecule has 0 spiro atoms. The van der Waals surface area contributed by atoms with E-state index in [9.17, 15) is 9.90 Å². The van der Waals surface area contributed by atoms with Crippen molar-refractivity contribution >= 4 is 5.78 Å². The van der Waals surface area contributed by atoms with Gasteiger partial charge in [0.05, 0.1) is 0 Å². The smallest absolute Gasteiger partial charge is 0.131 e. The summed E-state index contributed by atoms with van der Waals surface area (Å²) in [4.78, 5) is 13.9. The average molecular weight is 263 g/mol. The molecule has 1 unspecified atom stereocenters. The molecule has 1 aromatic carbocycles. The van der Waals surface area contributed by atoms with Gasteiger partial charge in [-0.05, 0) is 52.3 Å². The zero-order chi connectivity index (χ0) is 14.6. The van der Waals surface area contributed by atoms with E-state index in [1.54, 1.807) is 19.1 Å². The summed E-state index contributed by atoms with van der Waals surface area (Å²) in [7, 11) is 0. The van der Waals surface area contributed by atoms with Crippen LogP contribution in [-0.4, -0.2) is 27.9 Å². The largest absolute Gasteiger partial charge is 0.508 e. The maximum atomic E-state index is 11.6. The fraction of sp³-hybridized carbons (Fsp3) is 0.562. The molecule has 0 bridgehead atoms. The second-order valence-corrected chi connectivity index (χ2v) is 5.65. The van der Waals surface area contributed by atoms with E-state index < -0.39 is 0 Å². The first-order valence-corrected chi connectivity index (χ1v) is 6.88. The van der Waals surface area contributed by atoms with Crippen LogP contribution < -0.4 is 0 Å². The Bertz CT molecular complexity index is 401. The number of benzene rings is 1. The lowest BCUT2D eigenvalue weighted by atomic mass is 9.97. The molecule has 0 saturated heterocycles. The van der Waals surface area contributed by atoms with Crippen LogP contribution in [0.25, 0.3) is 0 Å². The van der Waals surface area contributed by atoms with Gasteiger partial charge in [-0.2, -0.15) is 0 Å². The molecule has 0 aliphatic heterocycles. The molecule has 0 aliphatic rings. The van der Waals surface area contributed by atoms with Crippen molar-refractivity contribution in [3.8, 4) is 5.75 Å². The molecule has 0 fully saturated rings. The molecule has 1 rings (SSSR count). The van der Waals surface area contributed by atoms with Crippen LogP contribution >= 0.6 is 0 Å². The van der Waals surface area contributed by atoms with E-state index in [2.05, 4.69) is 32.6 Å². The third-order valence-corrected chi connectivity index (χ3v) is 3.31. The number of carbonyl (C=O) groups is 1. The predicted molar refractivity (Wildman–Crippen MR) is 78.3 cm³/mol. The maximum absolute atomic E-state index is 11.6. The minimum atomic E-state index is 0.0677. The number of rotatable bonds is 6. The van der Waals surface area contributed by atoms with Crippen molar-refractivity contribution in [2.24, 2.45) is 0 Å². The van der Waals surface area contributed by atoms with Gasteiger partial charge in [-0.25, -0.2) is 0 Å². The predicted octanol–water partition coefficient (Wildman–Crippen LogP) is 3.53. The van der Waals surface area contributed by atoms with Crippen molar-refractivity contribution in [1.29, 1.82) is 0 Å². The van der Waals surface area contributed by atoms with Crippen molar-refractivity contribution in [1.82, 2.24) is 4.90 Å². The summed E-state index contributed by atoms with van der Waals surface area (Å²) in [5.74, 6) is 0.440. The molecule has 0 heterocycles. The monoisotopic (exact) mass is 263 g/mol. The van der Waals surface area contributed by atoms with E-state index in [0.717, 1.165) is 5.56 Å². The molecule has 0 saturated carbocycles. The first kappa shape index (κ1) is 15.7. The van der Waals surface area contributed by atoms with Crippen molar-refractivity contribution < 1.29 is 9.90 Å². The maximum Gasteiger partial charge on any atom is 0.131 e. The standard InChI is InChI=1S/C16H25NO2/c1-11(2)17(12(3)4)16(10-13(5)18)14-6-8-15(19)9-7-14/h6-9,11-12,16,19H,10H2,1-5H3. The second-order valence-electron chi connectivity index (χ2n) is 5.65. The molecular formula is C16H25NO2. The number of hydrogen-bond acceptors (Lipinski definition) is 3. The molecule has 1 N–H and O–H groups in total. The lowest BCUT2D eigenvalue weighted by Crippen LogP contribution is -2.40. The van der Waals surface area contributed by atoms with E-state index in [1.807, 2.05) is 12.1 Å². The van der Waals surface area contributed by atoms with Gasteiger partial charge in [-0.1, -0.05) is 12.1 Å². The fourth-order valence-electron chi connectivity index (χ4n) is 2.68. The third kappa shape index (κ3) is 4.35. The molecule has 106 valence electrons. The highest BCUT2D eigenvalue weighted by Crippen LogP contribution is 2.29. The molecule has 1 atom stereocenters. The van der Waals surface area contributed by atoms with Crippen LogP contribution in [0.5, 0.6) is 5.75 Å². The van der Waals surface area contributed by atoms with E-state index in [1.165, 1.54) is 0 Å². The quantitative estimate of drug-likeness (QED) is 0.853. The van der Waals surface area contributed by atoms with Gasteiger partial charge in [0, 0.05) is 24.5 Å². The van der Waals surface area contributed by atoms with E-state index in [4.69, 9.17) is 0 Å². The molecule has 0 aromatic heterocycles. The highest BCUT2D eigenvalue weighted by atomic mass is 16.3. The highest BCUT2D eigenvalue weighted by Gasteiger charge is 2.26. The van der Waals surface area contributed by atoms with Crippen LogP contribution in [0.3, 0.4) is 0 Å². The van der Waals surface area contributed by atoms with Gasteiger partial charge in [0.2, 0.25) is 0 Å². The number of phenolic OH excluding ortho intramolecular Hbond substituents is 1. The third-order valence-electron chi connectivity index (χ3n) is 3.31. The normalized spacial score (nSPS) is 13.3. The molecule has 1 aromatic rings. The number of nitrogens with zero attached hydrogens (tertiary/aromatic N) is 1. The molecule has 0 amide bonds. The van der Waals surface area contributed by atoms with Crippen LogP contribution in [0, 0.1) is 0 Å². The topological polar surface area (TPSA) is 40.5 Å². The van der Waals surface area contributed by atoms with Crippen LogP contribution in [0.2, 0.25) is 0 Å². The summed E-state index contributed by atoms with van der Waals surface area (Å²) in [5, 5.41) is 9.40. The zero-order valence-electron chi connectivity index (χ0n) is 12.6. The van der Waals surface area contributed by atoms with Gasteiger partial charge in [-0.15, -0.1) is 0 Å². The summed E-state index contributed by atoms with van der Waals surface area (Å²) in [5.41, 5.74) is 1.08. The van der Waals surface area contributed by atoms with Crippen LogP contribution in [0.15, 0.2) is 24.3 Å². The molecule has 19 heavy (non-hydrogen) atoms. The van der Waals surface area contributed by atoms with Gasteiger partial charge < -0.3 is 5.11 Å². The summed E-state index contributed by atoms with van der Waals surface area (Å²) < 4.78 is 0. The van der Waals surface area contributed by atoms with Crippen LogP contribution in [-0.2, 0) is 4.79 Å². The Labute approximate surface area is 116 Å². The summed E-state index contributed by atoms with van der Waals surface area (Å²) in [6.45, 7) is 10.2. The number of phenols is 1. The number of Topliss-reactive ketones (excluding diaryl/α,β-unsaturated/α-hetero) is 1. The van der Waals surface area contributed by atoms with Crippen molar-refractivity contribution in [2.75, 3.05) is 0 Å². The number of aromatic hydroxyl groups is 1. The first-order chi connectivity index (χ1) is 8.82. The van der Waals surface area contributed by atoms with Crippen LogP contribution in [0.4, 0.5) is 0 Å². The lowest BCUT2D eigenvalue weighted by molar-refractivity contribution is -0.118. The van der Waals surface area contributed by atoms with Gasteiger partial charge >= 0.3 is 0 Å². The Balaban J connectivity index is 3.12. The van der Waals surface area contributed by atoms with Crippen molar-refractivity contribution in [3.63, 3.8) is 0 Å². The highest BCUT2D eigenvalue weighted by molar-refractivity contribution is 5.76. The first-order valence-electron chi connectivity index (χ1n) is 6.88. The minimum absolute atomic E-state index is 0.0677. The molecule has 0 aliphatic carbocycles. The summed E-state index contributed by atoms with van der Waals surface area (Å²) >= 11 is 0. The summed E-state index contributed by atoms with van der Waals surface area (Å²) in [6.07, 6.45) is 0.501. The fourth-order valence-corrected chi connectivity index (χ4v) is 2.68. The van der Waals surface area contributed by atoms with Crippen LogP contribution in [0.1, 0.15) is 52.6 Å². The Morgan fingerprint density at radius 3 is 1.95 bits per heavy atom. The molecular weight excluding hydrogens is 238 g/mol. The Morgan fingerprint density at radius 2 is 1.58 bits per heavy atom. The SMILES string of the molecule is CC(=O)CC(c1ccc(O)cc1)N(C(C)C)C(C)C. The van der Waals surface area contributed by atoms with E-state index >= 15 is 0 Å². The zero-order valence-corrected chi connectivity index (χ0v) is 12.6. The van der Waals surface area contributed by atoms with Crippen molar-refractivity contribution in [3.05, 3.63) is 29.8 Å². The summed E-state index contributed by atoms with van der Waals surface area (Å²) in [6, 6.07) is 7.96. The Kier molecular flexibility index (Phi) is 5.55.